The topological polar surface area (TPSA) is 129 Å². The Morgan fingerprint density at radius 1 is 1.11 bits per heavy atom. The average Bonchev–Trinajstić information content (AvgIpc) is 2.90. The number of aliphatic hydroxyl groups excluding tert-OH is 1. The van der Waals surface area contributed by atoms with E-state index in [2.05, 4.69) is 9.46 Å². The summed E-state index contributed by atoms with van der Waals surface area (Å²) in [7, 11) is -8.00. The lowest BCUT2D eigenvalue weighted by atomic mass is 10.2. The summed E-state index contributed by atoms with van der Waals surface area (Å²) in [5.74, 6) is -0.311. The van der Waals surface area contributed by atoms with Crippen molar-refractivity contribution in [2.24, 2.45) is 0 Å². The summed E-state index contributed by atoms with van der Waals surface area (Å²) >= 11 is 6.09. The number of para-hydroxylation sites is 1. The van der Waals surface area contributed by atoms with Crippen molar-refractivity contribution in [1.29, 1.82) is 4.78 Å². The first kappa shape index (κ1) is 27.0. The van der Waals surface area contributed by atoms with Crippen LogP contribution in [0.2, 0.25) is 5.02 Å². The van der Waals surface area contributed by atoms with Crippen LogP contribution in [0, 0.1) is 4.78 Å². The molecule has 198 valence electrons. The van der Waals surface area contributed by atoms with E-state index >= 15 is 0 Å². The monoisotopic (exact) mass is 577 g/mol. The van der Waals surface area contributed by atoms with Gasteiger partial charge in [-0.25, -0.2) is 22.1 Å². The van der Waals surface area contributed by atoms with E-state index in [0.29, 0.717) is 0 Å². The summed E-state index contributed by atoms with van der Waals surface area (Å²) in [6.45, 7) is -1.01. The predicted molar refractivity (Wildman–Crippen MR) is 129 cm³/mol. The van der Waals surface area contributed by atoms with Crippen molar-refractivity contribution in [2.45, 2.75) is 22.3 Å². The lowest BCUT2D eigenvalue weighted by molar-refractivity contribution is -0.274. The zero-order chi connectivity index (χ0) is 27.0. The van der Waals surface area contributed by atoms with Gasteiger partial charge in [-0.15, -0.1) is 13.2 Å². The van der Waals surface area contributed by atoms with E-state index in [9.17, 15) is 30.9 Å². The van der Waals surface area contributed by atoms with Crippen LogP contribution in [0.3, 0.4) is 0 Å². The van der Waals surface area contributed by atoms with E-state index in [1.54, 1.807) is 6.07 Å². The molecule has 4 rings (SSSR count). The third kappa shape index (κ3) is 6.10. The largest absolute Gasteiger partial charge is 0.573 e. The molecule has 0 fully saturated rings. The maximum Gasteiger partial charge on any atom is 0.573 e. The number of rotatable bonds is 7. The number of nitrogens with zero attached hydrogens (tertiary/aromatic N) is 1. The van der Waals surface area contributed by atoms with Crippen molar-refractivity contribution >= 4 is 37.2 Å². The molecule has 3 aromatic rings. The maximum atomic E-state index is 13.5. The van der Waals surface area contributed by atoms with Gasteiger partial charge in [0, 0.05) is 11.6 Å². The van der Waals surface area contributed by atoms with Crippen LogP contribution in [0.1, 0.15) is 0 Å². The molecule has 37 heavy (non-hydrogen) atoms. The third-order valence-electron chi connectivity index (χ3n) is 5.11. The summed E-state index contributed by atoms with van der Waals surface area (Å²) in [6, 6.07) is 14.1. The van der Waals surface area contributed by atoms with Crippen molar-refractivity contribution in [3.05, 3.63) is 71.8 Å². The molecular formula is C22H19ClF3N3O6S2. The Balaban J connectivity index is 1.54. The van der Waals surface area contributed by atoms with Gasteiger partial charge >= 0.3 is 6.36 Å². The van der Waals surface area contributed by atoms with Crippen LogP contribution in [-0.4, -0.2) is 43.3 Å². The van der Waals surface area contributed by atoms with E-state index < -0.39 is 51.2 Å². The summed E-state index contributed by atoms with van der Waals surface area (Å²) < 4.78 is 97.6. The van der Waals surface area contributed by atoms with Crippen LogP contribution in [0.4, 0.5) is 18.9 Å². The molecular weight excluding hydrogens is 559 g/mol. The Hall–Kier alpha value is -3.04. The van der Waals surface area contributed by atoms with Crippen LogP contribution >= 0.6 is 11.6 Å². The predicted octanol–water partition coefficient (Wildman–Crippen LogP) is 4.51. The Kier molecular flexibility index (Phi) is 7.32. The average molecular weight is 578 g/mol. The van der Waals surface area contributed by atoms with Crippen LogP contribution < -0.4 is 18.5 Å². The molecule has 0 spiro atoms. The number of hydrogen-bond acceptors (Lipinski definition) is 7. The summed E-state index contributed by atoms with van der Waals surface area (Å²) in [6.07, 6.45) is -6.38. The van der Waals surface area contributed by atoms with Gasteiger partial charge in [-0.1, -0.05) is 23.7 Å². The standard InChI is InChI=1S/C22H19ClF3N3O6S2/c23-14-5-10-19-18(11-14)29(37(32,33)21-4-2-1-3-20(21)34-19)13-15(30)12-28-36(27,31)17-8-6-16(7-9-17)35-22(24,25)26/h1-11,15,30H,12-13H2,(H2,27,28,31). The molecule has 1 aliphatic heterocycles. The number of sulfonamides is 1. The van der Waals surface area contributed by atoms with E-state index in [-0.39, 0.29) is 32.0 Å². The van der Waals surface area contributed by atoms with E-state index in [1.807, 2.05) is 0 Å². The third-order valence-corrected chi connectivity index (χ3v) is 8.68. The number of alkyl halides is 3. The number of anilines is 1. The first-order valence-electron chi connectivity index (χ1n) is 10.4. The molecule has 2 unspecified atom stereocenters. The number of benzene rings is 3. The Morgan fingerprint density at radius 3 is 2.46 bits per heavy atom. The number of halogens is 4. The number of aliphatic hydroxyl groups is 1. The zero-order valence-corrected chi connectivity index (χ0v) is 21.0. The molecule has 15 heteroatoms. The number of β-amino-alcohol motifs (C(OH)–C–C–N with tert-alkyl or cyclic N) is 1. The minimum Gasteiger partial charge on any atom is -0.454 e. The second kappa shape index (κ2) is 10.0. The van der Waals surface area contributed by atoms with Gasteiger partial charge in [-0.3, -0.25) is 4.31 Å². The molecule has 3 N–H and O–H groups in total. The first-order valence-corrected chi connectivity index (χ1v) is 13.8. The number of ether oxygens (including phenoxy) is 2. The molecule has 1 heterocycles. The van der Waals surface area contributed by atoms with Crippen molar-refractivity contribution < 1.29 is 40.4 Å². The minimum atomic E-state index is -4.91. The number of fused-ring (bicyclic) bond motifs is 2. The normalized spacial score (nSPS) is 16.9. The Morgan fingerprint density at radius 2 is 1.78 bits per heavy atom. The van der Waals surface area contributed by atoms with Crippen LogP contribution in [-0.2, 0) is 19.9 Å². The summed E-state index contributed by atoms with van der Waals surface area (Å²) in [4.78, 5) is -0.316. The van der Waals surface area contributed by atoms with Crippen LogP contribution in [0.15, 0.2) is 76.5 Å². The number of hydrogen-bond donors (Lipinski definition) is 3. The van der Waals surface area contributed by atoms with Crippen LogP contribution in [0.25, 0.3) is 0 Å². The Bertz CT molecular complexity index is 1520. The first-order chi connectivity index (χ1) is 17.3. The van der Waals surface area contributed by atoms with Crippen molar-refractivity contribution in [3.63, 3.8) is 0 Å². The summed E-state index contributed by atoms with van der Waals surface area (Å²) in [5, 5.41) is 10.9. The molecule has 0 amide bonds. The quantitative estimate of drug-likeness (QED) is 0.379. The molecule has 0 aromatic heterocycles. The smallest absolute Gasteiger partial charge is 0.454 e. The van der Waals surface area contributed by atoms with Gasteiger partial charge in [0.05, 0.1) is 23.2 Å². The molecule has 3 aromatic carbocycles. The lowest BCUT2D eigenvalue weighted by Crippen LogP contribution is -2.42. The van der Waals surface area contributed by atoms with Crippen molar-refractivity contribution in [3.8, 4) is 17.2 Å². The Labute approximate surface area is 215 Å². The summed E-state index contributed by atoms with van der Waals surface area (Å²) in [5.41, 5.74) is 0.0645. The zero-order valence-electron chi connectivity index (χ0n) is 18.6. The highest BCUT2D eigenvalue weighted by Gasteiger charge is 2.35. The van der Waals surface area contributed by atoms with Gasteiger partial charge in [0.1, 0.15) is 26.3 Å². The van der Waals surface area contributed by atoms with Gasteiger partial charge in [0.25, 0.3) is 10.0 Å². The van der Waals surface area contributed by atoms with Gasteiger partial charge in [0.15, 0.2) is 5.75 Å². The highest BCUT2D eigenvalue weighted by Crippen LogP contribution is 2.43. The molecule has 2 atom stereocenters. The van der Waals surface area contributed by atoms with E-state index in [1.165, 1.54) is 36.4 Å². The van der Waals surface area contributed by atoms with Gasteiger partial charge in [-0.05, 0) is 54.6 Å². The minimum absolute atomic E-state index is 0.0645. The molecule has 0 saturated heterocycles. The van der Waals surface area contributed by atoms with Crippen molar-refractivity contribution in [1.82, 2.24) is 4.72 Å². The van der Waals surface area contributed by atoms with E-state index in [0.717, 1.165) is 28.6 Å². The molecule has 1 aliphatic rings. The van der Waals surface area contributed by atoms with Gasteiger partial charge in [0.2, 0.25) is 0 Å². The molecule has 0 bridgehead atoms. The highest BCUT2D eigenvalue weighted by molar-refractivity contribution is 7.93. The molecule has 0 aliphatic carbocycles. The second-order valence-corrected chi connectivity index (χ2v) is 11.9. The molecule has 0 radical (unpaired) electrons. The van der Waals surface area contributed by atoms with Crippen LogP contribution in [0.5, 0.6) is 17.2 Å². The molecule has 0 saturated carbocycles. The molecule has 9 nitrogen and oxygen atoms in total. The SMILES string of the molecule is N=S(=O)(NCC(O)CN1c2cc(Cl)ccc2Oc2ccccc2S1(=O)=O)c1ccc(OC(F)(F)F)cc1. The highest BCUT2D eigenvalue weighted by atomic mass is 35.5. The fourth-order valence-electron chi connectivity index (χ4n) is 3.47. The second-order valence-electron chi connectivity index (χ2n) is 7.77. The van der Waals surface area contributed by atoms with E-state index in [4.69, 9.17) is 21.1 Å². The maximum absolute atomic E-state index is 13.5. The number of nitrogens with one attached hydrogen (secondary N) is 2. The fraction of sp³-hybridized carbons (Fsp3) is 0.182. The van der Waals surface area contributed by atoms with Gasteiger partial charge < -0.3 is 14.6 Å². The van der Waals surface area contributed by atoms with Crippen molar-refractivity contribution in [2.75, 3.05) is 17.4 Å². The fourth-order valence-corrected chi connectivity index (χ4v) is 6.37. The lowest BCUT2D eigenvalue weighted by Gasteiger charge is -2.26. The van der Waals surface area contributed by atoms with Gasteiger partial charge in [-0.2, -0.15) is 0 Å².